The normalized spacial score (nSPS) is 19.8. The molecular weight excluding hydrogens is 256 g/mol. The molecule has 1 atom stereocenters. The number of ether oxygens (including phenoxy) is 1. The fraction of sp³-hybridized carbons (Fsp3) is 0.643. The van der Waals surface area contributed by atoms with Gasteiger partial charge in [0.2, 0.25) is 0 Å². The van der Waals surface area contributed by atoms with Crippen molar-refractivity contribution < 1.29 is 9.53 Å². The van der Waals surface area contributed by atoms with Crippen LogP contribution in [0.2, 0.25) is 0 Å². The van der Waals surface area contributed by atoms with Gasteiger partial charge in [-0.2, -0.15) is 0 Å². The minimum atomic E-state index is -0.469. The summed E-state index contributed by atoms with van der Waals surface area (Å²) >= 11 is 0. The maximum Gasteiger partial charge on any atom is 0.410 e. The molecule has 2 rings (SSSR count). The van der Waals surface area contributed by atoms with Gasteiger partial charge in [0, 0.05) is 25.8 Å². The number of aromatic nitrogens is 2. The quantitative estimate of drug-likeness (QED) is 0.846. The number of hydrogen-bond donors (Lipinski definition) is 1. The smallest absolute Gasteiger partial charge is 0.410 e. The van der Waals surface area contributed by atoms with E-state index in [0.717, 1.165) is 18.1 Å². The van der Waals surface area contributed by atoms with Crippen LogP contribution in [0.5, 0.6) is 0 Å². The molecule has 1 aliphatic rings. The van der Waals surface area contributed by atoms with Crippen molar-refractivity contribution in [2.45, 2.75) is 39.3 Å². The minimum absolute atomic E-state index is 0.0259. The van der Waals surface area contributed by atoms with E-state index in [1.54, 1.807) is 11.1 Å². The maximum absolute atomic E-state index is 12.1. The number of nitrogens with one attached hydrogen (secondary N) is 1. The van der Waals surface area contributed by atoms with E-state index in [1.807, 2.05) is 33.8 Å². The maximum atomic E-state index is 12.1. The van der Waals surface area contributed by atoms with Gasteiger partial charge in [-0.25, -0.2) is 14.8 Å². The number of nitrogens with zero attached hydrogens (tertiary/aromatic N) is 3. The fourth-order valence-corrected chi connectivity index (χ4v) is 2.11. The molecule has 1 aromatic heterocycles. The van der Waals surface area contributed by atoms with Crippen LogP contribution in [0, 0.1) is 6.92 Å². The van der Waals surface area contributed by atoms with Crippen LogP contribution in [0.25, 0.3) is 0 Å². The minimum Gasteiger partial charge on any atom is -0.444 e. The molecule has 110 valence electrons. The third kappa shape index (κ3) is 3.90. The van der Waals surface area contributed by atoms with Crippen LogP contribution in [0.1, 0.15) is 38.3 Å². The van der Waals surface area contributed by atoms with Crippen molar-refractivity contribution in [2.24, 2.45) is 0 Å². The summed E-state index contributed by atoms with van der Waals surface area (Å²) in [5, 5.41) is 3.37. The third-order valence-corrected chi connectivity index (χ3v) is 2.98. The van der Waals surface area contributed by atoms with Crippen LogP contribution >= 0.6 is 0 Å². The summed E-state index contributed by atoms with van der Waals surface area (Å²) in [5.41, 5.74) is 0.439. The largest absolute Gasteiger partial charge is 0.444 e. The van der Waals surface area contributed by atoms with Crippen molar-refractivity contribution >= 4 is 6.09 Å². The number of piperazine rings is 1. The van der Waals surface area contributed by atoms with Gasteiger partial charge in [-0.1, -0.05) is 0 Å². The number of amides is 1. The Bertz CT molecular complexity index is 484. The van der Waals surface area contributed by atoms with Gasteiger partial charge < -0.3 is 15.0 Å². The van der Waals surface area contributed by atoms with Crippen molar-refractivity contribution in [1.82, 2.24) is 20.2 Å². The summed E-state index contributed by atoms with van der Waals surface area (Å²) in [4.78, 5) is 22.3. The third-order valence-electron chi connectivity index (χ3n) is 2.98. The molecule has 1 amide bonds. The molecule has 1 aliphatic heterocycles. The number of aryl methyl sites for hydroxylation is 1. The van der Waals surface area contributed by atoms with Crippen molar-refractivity contribution in [1.29, 1.82) is 0 Å². The predicted octanol–water partition coefficient (Wildman–Crippen LogP) is 1.67. The molecule has 6 heteroatoms. The van der Waals surface area contributed by atoms with Crippen molar-refractivity contribution in [3.05, 3.63) is 23.8 Å². The number of hydrogen-bond acceptors (Lipinski definition) is 5. The summed E-state index contributed by atoms with van der Waals surface area (Å²) in [6.45, 7) is 9.42. The number of carbonyl (C=O) groups excluding carboxylic acids is 1. The van der Waals surface area contributed by atoms with Gasteiger partial charge >= 0.3 is 6.09 Å². The zero-order chi connectivity index (χ0) is 14.8. The number of rotatable bonds is 1. The Hall–Kier alpha value is -1.69. The van der Waals surface area contributed by atoms with E-state index in [9.17, 15) is 4.79 Å². The Morgan fingerprint density at radius 3 is 2.90 bits per heavy atom. The molecular formula is C14H22N4O2. The lowest BCUT2D eigenvalue weighted by molar-refractivity contribution is 0.0193. The summed E-state index contributed by atoms with van der Waals surface area (Å²) < 4.78 is 5.41. The first-order chi connectivity index (χ1) is 9.35. The summed E-state index contributed by atoms with van der Waals surface area (Å²) in [5.74, 6) is 0.735. The van der Waals surface area contributed by atoms with Crippen molar-refractivity contribution in [2.75, 3.05) is 19.6 Å². The molecule has 0 bridgehead atoms. The Balaban J connectivity index is 2.03. The number of carbonyl (C=O) groups is 1. The first kappa shape index (κ1) is 14.7. The van der Waals surface area contributed by atoms with E-state index in [2.05, 4.69) is 15.3 Å². The van der Waals surface area contributed by atoms with Crippen LogP contribution in [-0.2, 0) is 4.74 Å². The van der Waals surface area contributed by atoms with E-state index < -0.39 is 5.60 Å². The highest BCUT2D eigenvalue weighted by Gasteiger charge is 2.28. The molecule has 20 heavy (non-hydrogen) atoms. The van der Waals surface area contributed by atoms with E-state index in [-0.39, 0.29) is 12.1 Å². The molecule has 0 radical (unpaired) electrons. The highest BCUT2D eigenvalue weighted by molar-refractivity contribution is 5.68. The van der Waals surface area contributed by atoms with Gasteiger partial charge in [0.1, 0.15) is 11.4 Å². The Morgan fingerprint density at radius 2 is 2.25 bits per heavy atom. The van der Waals surface area contributed by atoms with E-state index in [1.165, 1.54) is 0 Å². The van der Waals surface area contributed by atoms with Crippen molar-refractivity contribution in [3.8, 4) is 0 Å². The van der Waals surface area contributed by atoms with Crippen LogP contribution in [0.15, 0.2) is 12.3 Å². The van der Waals surface area contributed by atoms with E-state index in [4.69, 9.17) is 4.74 Å². The Kier molecular flexibility index (Phi) is 4.23. The summed E-state index contributed by atoms with van der Waals surface area (Å²) in [6, 6.07) is 1.90. The Labute approximate surface area is 119 Å². The summed E-state index contributed by atoms with van der Waals surface area (Å²) in [6.07, 6.45) is 1.47. The lowest BCUT2D eigenvalue weighted by Gasteiger charge is -2.34. The lowest BCUT2D eigenvalue weighted by atomic mass is 10.1. The average molecular weight is 278 g/mol. The van der Waals surface area contributed by atoms with Crippen LogP contribution in [0.3, 0.4) is 0 Å². The van der Waals surface area contributed by atoms with Crippen LogP contribution in [-0.4, -0.2) is 46.2 Å². The van der Waals surface area contributed by atoms with Gasteiger partial charge in [0.15, 0.2) is 0 Å². The molecule has 0 spiro atoms. The molecule has 0 aliphatic carbocycles. The van der Waals surface area contributed by atoms with Gasteiger partial charge in [0.25, 0.3) is 0 Å². The van der Waals surface area contributed by atoms with E-state index >= 15 is 0 Å². The van der Waals surface area contributed by atoms with Gasteiger partial charge in [0.05, 0.1) is 11.7 Å². The second kappa shape index (κ2) is 5.75. The summed E-state index contributed by atoms with van der Waals surface area (Å²) in [7, 11) is 0. The second-order valence-corrected chi connectivity index (χ2v) is 5.96. The first-order valence-corrected chi connectivity index (χ1v) is 6.86. The molecule has 1 N–H and O–H groups in total. The molecule has 0 aromatic carbocycles. The zero-order valence-electron chi connectivity index (χ0n) is 12.5. The highest BCUT2D eigenvalue weighted by atomic mass is 16.6. The van der Waals surface area contributed by atoms with Gasteiger partial charge in [-0.3, -0.25) is 0 Å². The van der Waals surface area contributed by atoms with Crippen LogP contribution in [0.4, 0.5) is 4.79 Å². The molecule has 1 aromatic rings. The molecule has 1 saturated heterocycles. The topological polar surface area (TPSA) is 67.4 Å². The average Bonchev–Trinajstić information content (AvgIpc) is 2.37. The SMILES string of the molecule is Cc1nccc(C2CN(C(=O)OC(C)(C)C)CCN2)n1. The van der Waals surface area contributed by atoms with Crippen molar-refractivity contribution in [3.63, 3.8) is 0 Å². The van der Waals surface area contributed by atoms with Gasteiger partial charge in [-0.05, 0) is 33.8 Å². The fourth-order valence-electron chi connectivity index (χ4n) is 2.11. The second-order valence-electron chi connectivity index (χ2n) is 5.96. The molecule has 0 saturated carbocycles. The standard InChI is InChI=1S/C14H22N4O2/c1-10-15-6-5-11(17-10)12-9-18(8-7-16-12)13(19)20-14(2,3)4/h5-6,12,16H,7-9H2,1-4H3. The van der Waals surface area contributed by atoms with E-state index in [0.29, 0.717) is 13.1 Å². The first-order valence-electron chi connectivity index (χ1n) is 6.86. The molecule has 1 fully saturated rings. The zero-order valence-corrected chi connectivity index (χ0v) is 12.5. The van der Waals surface area contributed by atoms with Crippen LogP contribution < -0.4 is 5.32 Å². The molecule has 2 heterocycles. The molecule has 1 unspecified atom stereocenters. The molecule has 6 nitrogen and oxygen atoms in total. The predicted molar refractivity (Wildman–Crippen MR) is 75.3 cm³/mol. The Morgan fingerprint density at radius 1 is 1.50 bits per heavy atom. The lowest BCUT2D eigenvalue weighted by Crippen LogP contribution is -2.49. The van der Waals surface area contributed by atoms with Gasteiger partial charge in [-0.15, -0.1) is 0 Å². The monoisotopic (exact) mass is 278 g/mol. The highest BCUT2D eigenvalue weighted by Crippen LogP contribution is 2.17.